The first kappa shape index (κ1) is 17.0. The zero-order valence-electron chi connectivity index (χ0n) is 13.5. The van der Waals surface area contributed by atoms with E-state index in [1.807, 2.05) is 32.1 Å². The summed E-state index contributed by atoms with van der Waals surface area (Å²) in [6.07, 6.45) is 6.58. The zero-order chi connectivity index (χ0) is 16.3. The number of benzene rings is 1. The summed E-state index contributed by atoms with van der Waals surface area (Å²) >= 11 is 3.47. The Balaban J connectivity index is 2.39. The molecule has 1 aromatic carbocycles. The average Bonchev–Trinajstić information content (AvgIpc) is 3.33. The number of halogens is 1. The third-order valence-corrected chi connectivity index (χ3v) is 5.30. The number of carbonyl (C=O) groups excluding carboxylic acids is 1. The Morgan fingerprint density at radius 1 is 1.36 bits per heavy atom. The van der Waals surface area contributed by atoms with Crippen LogP contribution in [0.4, 0.5) is 0 Å². The molecule has 0 amide bonds. The van der Waals surface area contributed by atoms with Gasteiger partial charge in [0.25, 0.3) is 0 Å². The molecule has 0 heterocycles. The highest BCUT2D eigenvalue weighted by Gasteiger charge is 2.44. The van der Waals surface area contributed by atoms with Gasteiger partial charge >= 0.3 is 0 Å². The summed E-state index contributed by atoms with van der Waals surface area (Å²) in [6.45, 7) is 6.05. The Hall–Kier alpha value is -1.35. The Labute approximate surface area is 141 Å². The van der Waals surface area contributed by atoms with Crippen LogP contribution in [0.25, 0.3) is 0 Å². The summed E-state index contributed by atoms with van der Waals surface area (Å²) in [4.78, 5) is 12.4. The lowest BCUT2D eigenvalue weighted by Gasteiger charge is -2.31. The van der Waals surface area contributed by atoms with Gasteiger partial charge in [-0.05, 0) is 62.3 Å². The minimum Gasteiger partial charge on any atom is -0.401 e. The van der Waals surface area contributed by atoms with Gasteiger partial charge in [-0.15, -0.1) is 0 Å². The summed E-state index contributed by atoms with van der Waals surface area (Å²) in [5.74, 6) is 0.555. The van der Waals surface area contributed by atoms with Gasteiger partial charge in [0, 0.05) is 21.7 Å². The largest absolute Gasteiger partial charge is 0.401 e. The van der Waals surface area contributed by atoms with Crippen LogP contribution in [0.5, 0.6) is 0 Å². The van der Waals surface area contributed by atoms with Crippen molar-refractivity contribution in [1.82, 2.24) is 0 Å². The molecular weight excluding hydrogens is 338 g/mol. The molecule has 0 spiro atoms. The van der Waals surface area contributed by atoms with Crippen LogP contribution in [0, 0.1) is 5.92 Å². The Morgan fingerprint density at radius 3 is 2.41 bits per heavy atom. The van der Waals surface area contributed by atoms with E-state index in [0.29, 0.717) is 11.6 Å². The molecule has 0 radical (unpaired) electrons. The van der Waals surface area contributed by atoms with Crippen molar-refractivity contribution >= 4 is 21.7 Å². The van der Waals surface area contributed by atoms with Crippen LogP contribution >= 0.6 is 15.9 Å². The fraction of sp³-hybridized carbons (Fsp3) is 0.421. The Kier molecular flexibility index (Phi) is 5.28. The van der Waals surface area contributed by atoms with Crippen LogP contribution in [0.3, 0.4) is 0 Å². The number of allylic oxidation sites excluding steroid dienone is 4. The number of ketones is 1. The van der Waals surface area contributed by atoms with Gasteiger partial charge in [-0.25, -0.2) is 0 Å². The van der Waals surface area contributed by atoms with Gasteiger partial charge in [0.1, 0.15) is 0 Å². The molecule has 0 aliphatic heterocycles. The summed E-state index contributed by atoms with van der Waals surface area (Å²) < 4.78 is 1.05. The normalized spacial score (nSPS) is 18.9. The number of carbonyl (C=O) groups is 1. The summed E-state index contributed by atoms with van der Waals surface area (Å²) in [5, 5.41) is 0. The first-order valence-electron chi connectivity index (χ1n) is 7.86. The molecule has 2 rings (SSSR count). The van der Waals surface area contributed by atoms with E-state index in [2.05, 4.69) is 35.0 Å². The minimum absolute atomic E-state index is 0.0338. The van der Waals surface area contributed by atoms with Crippen LogP contribution < -0.4 is 5.73 Å². The lowest BCUT2D eigenvalue weighted by atomic mass is 9.74. The van der Waals surface area contributed by atoms with Crippen LogP contribution in [-0.2, 0) is 10.2 Å². The summed E-state index contributed by atoms with van der Waals surface area (Å²) in [7, 11) is 0. The topological polar surface area (TPSA) is 43.1 Å². The SMILES string of the molecule is C/C=C(\CC)C(=O)/C=C(\N)C(C)(c1ccc(Br)cc1)C1CC1. The molecule has 118 valence electrons. The van der Waals surface area contributed by atoms with Gasteiger partial charge in [0.2, 0.25) is 0 Å². The first-order valence-corrected chi connectivity index (χ1v) is 8.66. The number of hydrogen-bond donors (Lipinski definition) is 1. The fourth-order valence-corrected chi connectivity index (χ4v) is 3.26. The zero-order valence-corrected chi connectivity index (χ0v) is 15.1. The molecule has 1 unspecified atom stereocenters. The van der Waals surface area contributed by atoms with Gasteiger partial charge in [-0.3, -0.25) is 4.79 Å². The highest BCUT2D eigenvalue weighted by Crippen LogP contribution is 2.50. The van der Waals surface area contributed by atoms with Crippen molar-refractivity contribution in [2.24, 2.45) is 11.7 Å². The highest BCUT2D eigenvalue weighted by molar-refractivity contribution is 9.10. The molecule has 1 aromatic rings. The second-order valence-electron chi connectivity index (χ2n) is 6.11. The number of hydrogen-bond acceptors (Lipinski definition) is 2. The molecule has 1 atom stereocenters. The van der Waals surface area contributed by atoms with E-state index in [4.69, 9.17) is 5.73 Å². The Morgan fingerprint density at radius 2 is 1.95 bits per heavy atom. The minimum atomic E-state index is -0.261. The molecular formula is C19H24BrNO. The van der Waals surface area contributed by atoms with Crippen molar-refractivity contribution < 1.29 is 4.79 Å². The van der Waals surface area contributed by atoms with E-state index in [1.165, 1.54) is 18.4 Å². The van der Waals surface area contributed by atoms with Gasteiger partial charge in [0.15, 0.2) is 5.78 Å². The van der Waals surface area contributed by atoms with Crippen molar-refractivity contribution in [3.63, 3.8) is 0 Å². The van der Waals surface area contributed by atoms with Gasteiger partial charge < -0.3 is 5.73 Å². The second kappa shape index (κ2) is 6.82. The predicted octanol–water partition coefficient (Wildman–Crippen LogP) is 4.88. The second-order valence-corrected chi connectivity index (χ2v) is 7.03. The van der Waals surface area contributed by atoms with Crippen molar-refractivity contribution in [3.05, 3.63) is 57.7 Å². The van der Waals surface area contributed by atoms with Crippen LogP contribution in [0.15, 0.2) is 52.2 Å². The molecule has 22 heavy (non-hydrogen) atoms. The van der Waals surface area contributed by atoms with Gasteiger partial charge in [-0.1, -0.05) is 41.1 Å². The van der Waals surface area contributed by atoms with E-state index in [-0.39, 0.29) is 11.2 Å². The van der Waals surface area contributed by atoms with E-state index < -0.39 is 0 Å². The molecule has 0 saturated heterocycles. The Bertz CT molecular complexity index is 611. The highest BCUT2D eigenvalue weighted by atomic mass is 79.9. The van der Waals surface area contributed by atoms with Crippen LogP contribution in [-0.4, -0.2) is 5.78 Å². The molecule has 2 nitrogen and oxygen atoms in total. The smallest absolute Gasteiger partial charge is 0.183 e. The van der Waals surface area contributed by atoms with Gasteiger partial charge in [0.05, 0.1) is 0 Å². The van der Waals surface area contributed by atoms with Crippen molar-refractivity contribution in [2.75, 3.05) is 0 Å². The van der Waals surface area contributed by atoms with E-state index in [9.17, 15) is 4.79 Å². The molecule has 1 aliphatic carbocycles. The predicted molar refractivity (Wildman–Crippen MR) is 95.5 cm³/mol. The maximum atomic E-state index is 12.4. The molecule has 0 aromatic heterocycles. The van der Waals surface area contributed by atoms with Crippen LogP contribution in [0.1, 0.15) is 45.6 Å². The van der Waals surface area contributed by atoms with Gasteiger partial charge in [-0.2, -0.15) is 0 Å². The maximum Gasteiger partial charge on any atom is 0.183 e. The van der Waals surface area contributed by atoms with E-state index >= 15 is 0 Å². The lowest BCUT2D eigenvalue weighted by molar-refractivity contribution is -0.111. The third kappa shape index (κ3) is 3.35. The number of nitrogens with two attached hydrogens (primary N) is 1. The summed E-state index contributed by atoms with van der Waals surface area (Å²) in [5.41, 5.74) is 8.82. The monoisotopic (exact) mass is 361 g/mol. The lowest BCUT2D eigenvalue weighted by Crippen LogP contribution is -2.32. The fourth-order valence-electron chi connectivity index (χ4n) is 3.00. The molecule has 2 N–H and O–H groups in total. The van der Waals surface area contributed by atoms with Crippen molar-refractivity contribution in [2.45, 2.75) is 45.4 Å². The van der Waals surface area contributed by atoms with Crippen LogP contribution in [0.2, 0.25) is 0 Å². The maximum absolute atomic E-state index is 12.4. The third-order valence-electron chi connectivity index (χ3n) is 4.77. The molecule has 1 fully saturated rings. The number of rotatable bonds is 6. The molecule has 1 aliphatic rings. The molecule has 0 bridgehead atoms. The summed E-state index contributed by atoms with van der Waals surface area (Å²) in [6, 6.07) is 8.27. The van der Waals surface area contributed by atoms with E-state index in [1.54, 1.807) is 6.08 Å². The average molecular weight is 362 g/mol. The standard InChI is InChI=1S/C19H24BrNO/c1-4-13(5-2)17(22)12-18(21)19(3,14-6-7-14)15-8-10-16(20)11-9-15/h4,8-12,14H,5-7,21H2,1-3H3/b13-4+,18-12-. The quantitative estimate of drug-likeness (QED) is 0.733. The molecule has 1 saturated carbocycles. The van der Waals surface area contributed by atoms with Crippen molar-refractivity contribution in [1.29, 1.82) is 0 Å². The first-order chi connectivity index (χ1) is 10.4. The molecule has 3 heteroatoms. The van der Waals surface area contributed by atoms with Crippen molar-refractivity contribution in [3.8, 4) is 0 Å². The van der Waals surface area contributed by atoms with E-state index in [0.717, 1.165) is 16.5 Å².